The molecular formula is C15H12BrClN4O. The average molecular weight is 380 g/mol. The van der Waals surface area contributed by atoms with Gasteiger partial charge in [0.05, 0.1) is 0 Å². The third-order valence-corrected chi connectivity index (χ3v) is 3.60. The van der Waals surface area contributed by atoms with Crippen LogP contribution in [0.4, 0.5) is 11.6 Å². The molecule has 3 aromatic rings. The molecule has 0 radical (unpaired) electrons. The summed E-state index contributed by atoms with van der Waals surface area (Å²) in [5, 5.41) is 10.7. The molecule has 2 N–H and O–H groups in total. The first kappa shape index (κ1) is 14.9. The largest absolute Gasteiger partial charge is 0.486 e. The standard InChI is InChI=1S/C15H12BrClN4O/c16-10-1-5-12(6-2-10)18-15-19-14(20-21-15)9-22-13-7-3-11(17)4-8-13/h1-8H,9H2,(H2,18,19,20,21). The molecule has 0 amide bonds. The quantitative estimate of drug-likeness (QED) is 0.683. The predicted molar refractivity (Wildman–Crippen MR) is 89.6 cm³/mol. The van der Waals surface area contributed by atoms with Gasteiger partial charge >= 0.3 is 0 Å². The number of rotatable bonds is 5. The number of hydrogen-bond donors (Lipinski definition) is 2. The molecule has 0 atom stereocenters. The van der Waals surface area contributed by atoms with Crippen LogP contribution in [0.2, 0.25) is 5.02 Å². The molecule has 7 heteroatoms. The van der Waals surface area contributed by atoms with E-state index in [4.69, 9.17) is 16.3 Å². The lowest BCUT2D eigenvalue weighted by atomic mass is 10.3. The van der Waals surface area contributed by atoms with E-state index in [1.807, 2.05) is 24.3 Å². The molecule has 2 aromatic carbocycles. The minimum Gasteiger partial charge on any atom is -0.486 e. The Balaban J connectivity index is 1.59. The van der Waals surface area contributed by atoms with Crippen molar-refractivity contribution in [2.75, 3.05) is 5.32 Å². The van der Waals surface area contributed by atoms with E-state index in [0.29, 0.717) is 23.4 Å². The first-order chi connectivity index (χ1) is 10.7. The molecule has 112 valence electrons. The molecule has 0 bridgehead atoms. The lowest BCUT2D eigenvalue weighted by molar-refractivity contribution is 0.296. The molecule has 1 heterocycles. The lowest BCUT2D eigenvalue weighted by Crippen LogP contribution is -1.98. The number of anilines is 2. The summed E-state index contributed by atoms with van der Waals surface area (Å²) < 4.78 is 6.62. The van der Waals surface area contributed by atoms with E-state index in [0.717, 1.165) is 15.9 Å². The van der Waals surface area contributed by atoms with E-state index < -0.39 is 0 Å². The van der Waals surface area contributed by atoms with Gasteiger partial charge in [-0.2, -0.15) is 4.98 Å². The van der Waals surface area contributed by atoms with Crippen LogP contribution in [0.3, 0.4) is 0 Å². The van der Waals surface area contributed by atoms with Crippen molar-refractivity contribution < 1.29 is 4.74 Å². The maximum absolute atomic E-state index is 5.82. The van der Waals surface area contributed by atoms with Crippen molar-refractivity contribution >= 4 is 39.2 Å². The number of halogens is 2. The number of ether oxygens (including phenoxy) is 1. The summed E-state index contributed by atoms with van der Waals surface area (Å²) in [5.41, 5.74) is 0.910. The maximum atomic E-state index is 5.82. The second kappa shape index (κ2) is 6.81. The van der Waals surface area contributed by atoms with Gasteiger partial charge in [0.1, 0.15) is 12.4 Å². The fourth-order valence-electron chi connectivity index (χ4n) is 1.76. The zero-order valence-corrected chi connectivity index (χ0v) is 13.7. The summed E-state index contributed by atoms with van der Waals surface area (Å²) in [5.74, 6) is 1.86. The molecule has 3 rings (SSSR count). The maximum Gasteiger partial charge on any atom is 0.246 e. The Morgan fingerprint density at radius 3 is 2.55 bits per heavy atom. The highest BCUT2D eigenvalue weighted by Gasteiger charge is 2.04. The molecule has 0 aliphatic heterocycles. The zero-order chi connectivity index (χ0) is 15.4. The van der Waals surface area contributed by atoms with Gasteiger partial charge in [0.15, 0.2) is 5.82 Å². The first-order valence-corrected chi connectivity index (χ1v) is 7.68. The van der Waals surface area contributed by atoms with Crippen molar-refractivity contribution in [3.8, 4) is 5.75 Å². The number of aromatic amines is 1. The molecule has 0 saturated heterocycles. The van der Waals surface area contributed by atoms with Gasteiger partial charge < -0.3 is 10.1 Å². The number of aromatic nitrogens is 3. The first-order valence-electron chi connectivity index (χ1n) is 6.51. The summed E-state index contributed by atoms with van der Waals surface area (Å²) in [6.45, 7) is 0.302. The Labute approximate surface area is 140 Å². The van der Waals surface area contributed by atoms with Gasteiger partial charge in [0.2, 0.25) is 5.95 Å². The van der Waals surface area contributed by atoms with E-state index >= 15 is 0 Å². The van der Waals surface area contributed by atoms with Crippen LogP contribution in [-0.2, 0) is 6.61 Å². The molecule has 0 spiro atoms. The molecule has 22 heavy (non-hydrogen) atoms. The van der Waals surface area contributed by atoms with Crippen LogP contribution in [0.15, 0.2) is 53.0 Å². The van der Waals surface area contributed by atoms with Crippen molar-refractivity contribution in [3.05, 3.63) is 63.9 Å². The monoisotopic (exact) mass is 378 g/mol. The Morgan fingerprint density at radius 1 is 1.09 bits per heavy atom. The highest BCUT2D eigenvalue weighted by molar-refractivity contribution is 9.10. The van der Waals surface area contributed by atoms with Crippen LogP contribution in [0.5, 0.6) is 5.75 Å². The highest BCUT2D eigenvalue weighted by atomic mass is 79.9. The third-order valence-electron chi connectivity index (χ3n) is 2.82. The second-order valence-corrected chi connectivity index (χ2v) is 5.83. The van der Waals surface area contributed by atoms with E-state index in [1.165, 1.54) is 0 Å². The number of nitrogens with one attached hydrogen (secondary N) is 2. The van der Waals surface area contributed by atoms with Crippen LogP contribution in [-0.4, -0.2) is 15.2 Å². The van der Waals surface area contributed by atoms with Gasteiger partial charge in [0.25, 0.3) is 0 Å². The van der Waals surface area contributed by atoms with Crippen molar-refractivity contribution in [2.24, 2.45) is 0 Å². The summed E-state index contributed by atoms with van der Waals surface area (Å²) in [7, 11) is 0. The highest BCUT2D eigenvalue weighted by Crippen LogP contribution is 2.18. The normalized spacial score (nSPS) is 10.5. The minimum absolute atomic E-state index is 0.302. The average Bonchev–Trinajstić information content (AvgIpc) is 2.97. The Morgan fingerprint density at radius 2 is 1.82 bits per heavy atom. The van der Waals surface area contributed by atoms with Crippen LogP contribution in [0, 0.1) is 0 Å². The van der Waals surface area contributed by atoms with Crippen molar-refractivity contribution in [3.63, 3.8) is 0 Å². The van der Waals surface area contributed by atoms with Gasteiger partial charge in [-0.1, -0.05) is 27.5 Å². The molecule has 1 aromatic heterocycles. The summed E-state index contributed by atoms with van der Waals surface area (Å²) in [4.78, 5) is 4.32. The van der Waals surface area contributed by atoms with Crippen LogP contribution in [0.1, 0.15) is 5.82 Å². The van der Waals surface area contributed by atoms with Crippen LogP contribution in [0.25, 0.3) is 0 Å². The summed E-state index contributed by atoms with van der Waals surface area (Å²) in [6, 6.07) is 14.9. The predicted octanol–water partition coefficient (Wildman–Crippen LogP) is 4.54. The number of benzene rings is 2. The van der Waals surface area contributed by atoms with Crippen LogP contribution < -0.4 is 10.1 Å². The van der Waals surface area contributed by atoms with E-state index in [9.17, 15) is 0 Å². The van der Waals surface area contributed by atoms with E-state index in [-0.39, 0.29) is 0 Å². The fraction of sp³-hybridized carbons (Fsp3) is 0.0667. The lowest BCUT2D eigenvalue weighted by Gasteiger charge is -2.03. The number of H-pyrrole nitrogens is 1. The smallest absolute Gasteiger partial charge is 0.246 e. The van der Waals surface area contributed by atoms with E-state index in [1.54, 1.807) is 24.3 Å². The number of hydrogen-bond acceptors (Lipinski definition) is 4. The summed E-state index contributed by atoms with van der Waals surface area (Å²) in [6.07, 6.45) is 0. The van der Waals surface area contributed by atoms with E-state index in [2.05, 4.69) is 36.4 Å². The van der Waals surface area contributed by atoms with Gasteiger partial charge in [-0.15, -0.1) is 5.10 Å². The fourth-order valence-corrected chi connectivity index (χ4v) is 2.15. The molecule has 0 saturated carbocycles. The number of nitrogens with zero attached hydrogens (tertiary/aromatic N) is 2. The SMILES string of the molecule is Clc1ccc(OCc2nc(Nc3ccc(Br)cc3)n[nH]2)cc1. The third kappa shape index (κ3) is 3.99. The van der Waals surface area contributed by atoms with Gasteiger partial charge in [-0.25, -0.2) is 0 Å². The van der Waals surface area contributed by atoms with Crippen LogP contribution >= 0.6 is 27.5 Å². The van der Waals surface area contributed by atoms with Crippen molar-refractivity contribution in [2.45, 2.75) is 6.61 Å². The molecule has 0 unspecified atom stereocenters. The molecule has 5 nitrogen and oxygen atoms in total. The van der Waals surface area contributed by atoms with Crippen molar-refractivity contribution in [1.82, 2.24) is 15.2 Å². The summed E-state index contributed by atoms with van der Waals surface area (Å²) >= 11 is 9.22. The second-order valence-electron chi connectivity index (χ2n) is 4.48. The molecule has 0 fully saturated rings. The van der Waals surface area contributed by atoms with Crippen molar-refractivity contribution in [1.29, 1.82) is 0 Å². The Bertz CT molecular complexity index is 743. The Hall–Kier alpha value is -2.05. The topological polar surface area (TPSA) is 62.8 Å². The molecular weight excluding hydrogens is 368 g/mol. The molecule has 0 aliphatic carbocycles. The van der Waals surface area contributed by atoms with Gasteiger partial charge in [0, 0.05) is 15.2 Å². The Kier molecular flexibility index (Phi) is 4.60. The van der Waals surface area contributed by atoms with Gasteiger partial charge in [-0.05, 0) is 48.5 Å². The molecule has 0 aliphatic rings. The minimum atomic E-state index is 0.302. The van der Waals surface area contributed by atoms with Gasteiger partial charge in [-0.3, -0.25) is 5.10 Å². The zero-order valence-electron chi connectivity index (χ0n) is 11.4.